The summed E-state index contributed by atoms with van der Waals surface area (Å²) in [5, 5.41) is 8.68. The van der Waals surface area contributed by atoms with Gasteiger partial charge in [0.15, 0.2) is 0 Å². The molecule has 1 fully saturated rings. The van der Waals surface area contributed by atoms with Gasteiger partial charge in [-0.15, -0.1) is 0 Å². The van der Waals surface area contributed by atoms with Crippen molar-refractivity contribution in [3.05, 3.63) is 29.8 Å². The van der Waals surface area contributed by atoms with Crippen molar-refractivity contribution in [2.24, 2.45) is 0 Å². The molecule has 2 nitrogen and oxygen atoms in total. The molecule has 1 aromatic carbocycles. The minimum absolute atomic E-state index is 0.0729. The van der Waals surface area contributed by atoms with E-state index in [1.165, 1.54) is 23.5 Å². The van der Waals surface area contributed by atoms with Crippen molar-refractivity contribution in [1.82, 2.24) is 0 Å². The summed E-state index contributed by atoms with van der Waals surface area (Å²) in [4.78, 5) is 0. The van der Waals surface area contributed by atoms with Crippen molar-refractivity contribution in [2.45, 2.75) is 12.3 Å². The van der Waals surface area contributed by atoms with E-state index in [0.29, 0.717) is 12.5 Å². The standard InChI is InChI=1S/C12H16O2S/c13-5-6-14-12-3-1-2-10(8-12)11-4-7-15-9-11/h1-3,8,11,13H,4-7,9H2. The number of aliphatic hydroxyl groups is 1. The second-order valence-corrected chi connectivity index (χ2v) is 4.85. The molecular weight excluding hydrogens is 208 g/mol. The molecule has 1 N–H and O–H groups in total. The Labute approximate surface area is 94.6 Å². The Morgan fingerprint density at radius 1 is 1.47 bits per heavy atom. The van der Waals surface area contributed by atoms with Crippen LogP contribution in [0.2, 0.25) is 0 Å². The molecule has 0 aromatic heterocycles. The predicted octanol–water partition coefficient (Wildman–Crippen LogP) is 2.28. The third-order valence-corrected chi connectivity index (χ3v) is 3.78. The number of hydrogen-bond acceptors (Lipinski definition) is 3. The van der Waals surface area contributed by atoms with E-state index in [4.69, 9.17) is 9.84 Å². The van der Waals surface area contributed by atoms with Crippen molar-refractivity contribution < 1.29 is 9.84 Å². The molecule has 3 heteroatoms. The Balaban J connectivity index is 2.04. The van der Waals surface area contributed by atoms with Crippen LogP contribution in [0.5, 0.6) is 5.75 Å². The highest BCUT2D eigenvalue weighted by Crippen LogP contribution is 2.33. The molecule has 0 radical (unpaired) electrons. The molecule has 1 unspecified atom stereocenters. The SMILES string of the molecule is OCCOc1cccc(C2CCSC2)c1. The van der Waals surface area contributed by atoms with Crippen LogP contribution in [0.4, 0.5) is 0 Å². The van der Waals surface area contributed by atoms with Crippen molar-refractivity contribution in [3.63, 3.8) is 0 Å². The van der Waals surface area contributed by atoms with E-state index in [9.17, 15) is 0 Å². The third-order valence-electron chi connectivity index (χ3n) is 2.62. The van der Waals surface area contributed by atoms with Gasteiger partial charge in [-0.3, -0.25) is 0 Å². The first-order valence-electron chi connectivity index (χ1n) is 5.31. The zero-order chi connectivity index (χ0) is 10.5. The van der Waals surface area contributed by atoms with Gasteiger partial charge in [0, 0.05) is 5.75 Å². The smallest absolute Gasteiger partial charge is 0.119 e. The van der Waals surface area contributed by atoms with Crippen molar-refractivity contribution in [3.8, 4) is 5.75 Å². The minimum Gasteiger partial charge on any atom is -0.491 e. The van der Waals surface area contributed by atoms with E-state index in [1.807, 2.05) is 23.9 Å². The van der Waals surface area contributed by atoms with E-state index in [1.54, 1.807) is 0 Å². The summed E-state index contributed by atoms with van der Waals surface area (Å²) < 4.78 is 5.40. The Hall–Kier alpha value is -0.670. The maximum absolute atomic E-state index is 8.68. The lowest BCUT2D eigenvalue weighted by Crippen LogP contribution is -2.02. The van der Waals surface area contributed by atoms with Crippen LogP contribution in [0.25, 0.3) is 0 Å². The molecule has 2 rings (SSSR count). The number of aliphatic hydroxyl groups excluding tert-OH is 1. The number of benzene rings is 1. The maximum Gasteiger partial charge on any atom is 0.119 e. The summed E-state index contributed by atoms with van der Waals surface area (Å²) in [6, 6.07) is 8.25. The zero-order valence-corrected chi connectivity index (χ0v) is 9.50. The van der Waals surface area contributed by atoms with Gasteiger partial charge in [0.25, 0.3) is 0 Å². The molecule has 1 aromatic rings. The zero-order valence-electron chi connectivity index (χ0n) is 8.69. The number of hydrogen-bond donors (Lipinski definition) is 1. The lowest BCUT2D eigenvalue weighted by atomic mass is 9.99. The predicted molar refractivity (Wildman–Crippen MR) is 63.7 cm³/mol. The molecule has 0 amide bonds. The molecule has 0 bridgehead atoms. The number of ether oxygens (including phenoxy) is 1. The average Bonchev–Trinajstić information content (AvgIpc) is 2.80. The van der Waals surface area contributed by atoms with Crippen LogP contribution < -0.4 is 4.74 Å². The fourth-order valence-electron chi connectivity index (χ4n) is 1.82. The molecule has 0 aliphatic carbocycles. The Kier molecular flexibility index (Phi) is 3.92. The minimum atomic E-state index is 0.0729. The van der Waals surface area contributed by atoms with E-state index in [-0.39, 0.29) is 6.61 Å². The molecule has 1 aliphatic rings. The molecule has 15 heavy (non-hydrogen) atoms. The molecule has 1 heterocycles. The molecule has 0 spiro atoms. The summed E-state index contributed by atoms with van der Waals surface area (Å²) in [7, 11) is 0. The average molecular weight is 224 g/mol. The van der Waals surface area contributed by atoms with Gasteiger partial charge in [-0.25, -0.2) is 0 Å². The number of thioether (sulfide) groups is 1. The monoisotopic (exact) mass is 224 g/mol. The quantitative estimate of drug-likeness (QED) is 0.851. The van der Waals surface area contributed by atoms with Crippen molar-refractivity contribution in [2.75, 3.05) is 24.7 Å². The van der Waals surface area contributed by atoms with Gasteiger partial charge in [0.05, 0.1) is 6.61 Å². The fraction of sp³-hybridized carbons (Fsp3) is 0.500. The van der Waals surface area contributed by atoms with Crippen LogP contribution in [0, 0.1) is 0 Å². The summed E-state index contributed by atoms with van der Waals surface area (Å²) >= 11 is 2.02. The lowest BCUT2D eigenvalue weighted by molar-refractivity contribution is 0.201. The summed E-state index contributed by atoms with van der Waals surface area (Å²) in [5.74, 6) is 4.06. The second kappa shape index (κ2) is 5.42. The highest BCUT2D eigenvalue weighted by Gasteiger charge is 2.17. The van der Waals surface area contributed by atoms with Gasteiger partial charge in [-0.2, -0.15) is 11.8 Å². The van der Waals surface area contributed by atoms with Crippen LogP contribution in [-0.2, 0) is 0 Å². The third kappa shape index (κ3) is 2.89. The Morgan fingerprint density at radius 3 is 3.13 bits per heavy atom. The Morgan fingerprint density at radius 2 is 2.40 bits per heavy atom. The van der Waals surface area contributed by atoms with Crippen LogP contribution in [0.1, 0.15) is 17.9 Å². The van der Waals surface area contributed by atoms with Gasteiger partial charge in [0.2, 0.25) is 0 Å². The van der Waals surface area contributed by atoms with Gasteiger partial charge in [0.1, 0.15) is 12.4 Å². The first-order valence-corrected chi connectivity index (χ1v) is 6.47. The van der Waals surface area contributed by atoms with Crippen LogP contribution in [0.15, 0.2) is 24.3 Å². The fourth-order valence-corrected chi connectivity index (χ4v) is 3.08. The summed E-state index contributed by atoms with van der Waals surface area (Å²) in [5.41, 5.74) is 1.37. The largest absolute Gasteiger partial charge is 0.491 e. The second-order valence-electron chi connectivity index (χ2n) is 3.71. The summed E-state index contributed by atoms with van der Waals surface area (Å²) in [6.07, 6.45) is 1.27. The molecule has 1 saturated heterocycles. The molecular formula is C12H16O2S. The molecule has 0 saturated carbocycles. The van der Waals surface area contributed by atoms with Crippen molar-refractivity contribution in [1.29, 1.82) is 0 Å². The van der Waals surface area contributed by atoms with E-state index in [2.05, 4.69) is 12.1 Å². The van der Waals surface area contributed by atoms with Gasteiger partial charge in [-0.1, -0.05) is 12.1 Å². The van der Waals surface area contributed by atoms with Gasteiger partial charge in [-0.05, 0) is 35.8 Å². The first-order chi connectivity index (χ1) is 7.40. The highest BCUT2D eigenvalue weighted by molar-refractivity contribution is 7.99. The van der Waals surface area contributed by atoms with Crippen LogP contribution >= 0.6 is 11.8 Å². The topological polar surface area (TPSA) is 29.5 Å². The normalized spacial score (nSPS) is 20.5. The van der Waals surface area contributed by atoms with Gasteiger partial charge < -0.3 is 9.84 Å². The van der Waals surface area contributed by atoms with Crippen molar-refractivity contribution >= 4 is 11.8 Å². The van der Waals surface area contributed by atoms with Crippen LogP contribution in [0.3, 0.4) is 0 Å². The summed E-state index contributed by atoms with van der Waals surface area (Å²) in [6.45, 7) is 0.451. The molecule has 1 aliphatic heterocycles. The van der Waals surface area contributed by atoms with E-state index < -0.39 is 0 Å². The first kappa shape index (κ1) is 10.8. The lowest BCUT2D eigenvalue weighted by Gasteiger charge is -2.11. The number of rotatable bonds is 4. The van der Waals surface area contributed by atoms with E-state index in [0.717, 1.165) is 5.75 Å². The molecule has 82 valence electrons. The highest BCUT2D eigenvalue weighted by atomic mass is 32.2. The Bertz CT molecular complexity index is 308. The van der Waals surface area contributed by atoms with Crippen LogP contribution in [-0.4, -0.2) is 29.8 Å². The maximum atomic E-state index is 8.68. The molecule has 1 atom stereocenters. The van der Waals surface area contributed by atoms with Gasteiger partial charge >= 0.3 is 0 Å². The van der Waals surface area contributed by atoms with E-state index >= 15 is 0 Å².